The van der Waals surface area contributed by atoms with Gasteiger partial charge in [0.1, 0.15) is 5.60 Å². The first-order valence-electron chi connectivity index (χ1n) is 6.47. The number of hydrogen-bond donors (Lipinski definition) is 1. The van der Waals surface area contributed by atoms with Gasteiger partial charge in [0.15, 0.2) is 0 Å². The van der Waals surface area contributed by atoms with Crippen LogP contribution in [0.1, 0.15) is 50.7 Å². The summed E-state index contributed by atoms with van der Waals surface area (Å²) >= 11 is 0. The fourth-order valence-electron chi connectivity index (χ4n) is 2.17. The fourth-order valence-corrected chi connectivity index (χ4v) is 2.17. The fraction of sp³-hybridized carbons (Fsp3) is 0.833. The highest BCUT2D eigenvalue weighted by atomic mass is 16.5. The zero-order valence-corrected chi connectivity index (χ0v) is 10.2. The van der Waals surface area contributed by atoms with E-state index in [1.54, 1.807) is 0 Å². The van der Waals surface area contributed by atoms with Crippen LogP contribution in [0.2, 0.25) is 0 Å². The largest absolute Gasteiger partial charge is 0.367 e. The number of nitrogens with zero attached hydrogens (tertiary/aromatic N) is 2. The Balaban J connectivity index is 1.65. The minimum absolute atomic E-state index is 0.348. The molecule has 2 fully saturated rings. The molecular weight excluding hydrogens is 218 g/mol. The molecule has 1 atom stereocenters. The molecule has 1 saturated carbocycles. The molecule has 5 heteroatoms. The van der Waals surface area contributed by atoms with Crippen LogP contribution in [0.15, 0.2) is 4.52 Å². The highest BCUT2D eigenvalue weighted by Crippen LogP contribution is 2.32. The summed E-state index contributed by atoms with van der Waals surface area (Å²) < 4.78 is 11.1. The Morgan fingerprint density at radius 2 is 2.29 bits per heavy atom. The van der Waals surface area contributed by atoms with Crippen LogP contribution in [-0.4, -0.2) is 22.8 Å². The lowest BCUT2D eigenvalue weighted by Crippen LogP contribution is -2.31. The van der Waals surface area contributed by atoms with E-state index in [1.807, 2.05) is 0 Å². The van der Waals surface area contributed by atoms with Gasteiger partial charge in [-0.15, -0.1) is 0 Å². The summed E-state index contributed by atoms with van der Waals surface area (Å²) in [6.45, 7) is 3.52. The maximum Gasteiger partial charge on any atom is 0.240 e. The van der Waals surface area contributed by atoms with Crippen LogP contribution < -0.4 is 5.32 Å². The van der Waals surface area contributed by atoms with E-state index in [0.29, 0.717) is 24.3 Å². The summed E-state index contributed by atoms with van der Waals surface area (Å²) in [5.74, 6) is 1.37. The average molecular weight is 237 g/mol. The minimum atomic E-state index is -0.348. The van der Waals surface area contributed by atoms with Gasteiger partial charge < -0.3 is 14.6 Å². The molecule has 0 aromatic carbocycles. The van der Waals surface area contributed by atoms with Gasteiger partial charge in [0.2, 0.25) is 11.7 Å². The molecule has 5 nitrogen and oxygen atoms in total. The quantitative estimate of drug-likeness (QED) is 0.864. The molecule has 1 aromatic rings. The third-order valence-corrected chi connectivity index (χ3v) is 3.53. The molecule has 1 aromatic heterocycles. The van der Waals surface area contributed by atoms with Gasteiger partial charge in [-0.3, -0.25) is 0 Å². The van der Waals surface area contributed by atoms with E-state index in [1.165, 1.54) is 19.3 Å². The summed E-state index contributed by atoms with van der Waals surface area (Å²) in [6, 6.07) is 0.659. The van der Waals surface area contributed by atoms with E-state index >= 15 is 0 Å². The van der Waals surface area contributed by atoms with Gasteiger partial charge in [0.05, 0.1) is 6.54 Å². The van der Waals surface area contributed by atoms with Gasteiger partial charge in [0, 0.05) is 12.6 Å². The van der Waals surface area contributed by atoms with E-state index in [9.17, 15) is 0 Å². The third kappa shape index (κ3) is 2.50. The van der Waals surface area contributed by atoms with Gasteiger partial charge >= 0.3 is 0 Å². The van der Waals surface area contributed by atoms with Crippen LogP contribution in [0.5, 0.6) is 0 Å². The second-order valence-electron chi connectivity index (χ2n) is 5.20. The highest BCUT2D eigenvalue weighted by Gasteiger charge is 2.35. The highest BCUT2D eigenvalue weighted by molar-refractivity contribution is 5.01. The number of rotatable bonds is 4. The summed E-state index contributed by atoms with van der Waals surface area (Å²) in [7, 11) is 0. The number of aromatic nitrogens is 2. The van der Waals surface area contributed by atoms with Gasteiger partial charge in [0.25, 0.3) is 0 Å². The standard InChI is InChI=1S/C12H19N3O2/c1-12(6-2-3-7-16-12)11-14-10(17-15-11)8-13-9-4-5-9/h9,13H,2-8H2,1H3. The van der Waals surface area contributed by atoms with Crippen molar-refractivity contribution >= 4 is 0 Å². The lowest BCUT2D eigenvalue weighted by atomic mass is 9.95. The normalized spacial score (nSPS) is 29.5. The van der Waals surface area contributed by atoms with E-state index < -0.39 is 0 Å². The summed E-state index contributed by atoms with van der Waals surface area (Å²) in [4.78, 5) is 4.44. The average Bonchev–Trinajstić information content (AvgIpc) is 3.04. The Morgan fingerprint density at radius 1 is 1.41 bits per heavy atom. The van der Waals surface area contributed by atoms with Crippen LogP contribution in [0.3, 0.4) is 0 Å². The summed E-state index contributed by atoms with van der Waals surface area (Å²) in [6.07, 6.45) is 5.80. The van der Waals surface area contributed by atoms with E-state index in [0.717, 1.165) is 19.4 Å². The lowest BCUT2D eigenvalue weighted by Gasteiger charge is -2.30. The minimum Gasteiger partial charge on any atom is -0.367 e. The maximum absolute atomic E-state index is 5.80. The molecule has 1 unspecified atom stereocenters. The van der Waals surface area contributed by atoms with Crippen molar-refractivity contribution in [3.8, 4) is 0 Å². The van der Waals surface area contributed by atoms with Crippen molar-refractivity contribution in [1.29, 1.82) is 0 Å². The Bertz CT molecular complexity index is 381. The van der Waals surface area contributed by atoms with Gasteiger partial charge in [-0.1, -0.05) is 5.16 Å². The first kappa shape index (κ1) is 11.2. The molecule has 0 amide bonds. The molecule has 0 spiro atoms. The monoisotopic (exact) mass is 237 g/mol. The first-order chi connectivity index (χ1) is 8.26. The van der Waals surface area contributed by atoms with Gasteiger partial charge in [-0.05, 0) is 39.0 Å². The molecule has 2 heterocycles. The molecule has 0 radical (unpaired) electrons. The van der Waals surface area contributed by atoms with Crippen LogP contribution in [0.4, 0.5) is 0 Å². The van der Waals surface area contributed by atoms with E-state index in [4.69, 9.17) is 9.26 Å². The zero-order valence-electron chi connectivity index (χ0n) is 10.2. The van der Waals surface area contributed by atoms with Crippen molar-refractivity contribution in [3.63, 3.8) is 0 Å². The molecule has 2 aliphatic rings. The maximum atomic E-state index is 5.80. The van der Waals surface area contributed by atoms with Crippen molar-refractivity contribution < 1.29 is 9.26 Å². The number of ether oxygens (including phenoxy) is 1. The van der Waals surface area contributed by atoms with Gasteiger partial charge in [-0.25, -0.2) is 0 Å². The predicted octanol–water partition coefficient (Wildman–Crippen LogP) is 1.74. The van der Waals surface area contributed by atoms with Crippen molar-refractivity contribution in [2.45, 2.75) is 57.2 Å². The molecule has 1 aliphatic carbocycles. The van der Waals surface area contributed by atoms with Crippen molar-refractivity contribution in [3.05, 3.63) is 11.7 Å². The van der Waals surface area contributed by atoms with Gasteiger partial charge in [-0.2, -0.15) is 4.98 Å². The Morgan fingerprint density at radius 3 is 3.00 bits per heavy atom. The summed E-state index contributed by atoms with van der Waals surface area (Å²) in [5, 5.41) is 7.42. The molecular formula is C12H19N3O2. The number of hydrogen-bond acceptors (Lipinski definition) is 5. The SMILES string of the molecule is CC1(c2noc(CNC3CC3)n2)CCCCO1. The van der Waals surface area contributed by atoms with Crippen molar-refractivity contribution in [2.24, 2.45) is 0 Å². The molecule has 0 bridgehead atoms. The molecule has 1 N–H and O–H groups in total. The predicted molar refractivity (Wildman–Crippen MR) is 61.3 cm³/mol. The van der Waals surface area contributed by atoms with Crippen molar-refractivity contribution in [2.75, 3.05) is 6.61 Å². The lowest BCUT2D eigenvalue weighted by molar-refractivity contribution is -0.0770. The first-order valence-corrected chi connectivity index (χ1v) is 6.47. The second kappa shape index (κ2) is 4.38. The molecule has 1 saturated heterocycles. The van der Waals surface area contributed by atoms with Crippen LogP contribution in [0.25, 0.3) is 0 Å². The molecule has 1 aliphatic heterocycles. The smallest absolute Gasteiger partial charge is 0.240 e. The second-order valence-corrected chi connectivity index (χ2v) is 5.20. The number of nitrogens with one attached hydrogen (secondary N) is 1. The molecule has 17 heavy (non-hydrogen) atoms. The van der Waals surface area contributed by atoms with E-state index in [2.05, 4.69) is 22.4 Å². The third-order valence-electron chi connectivity index (χ3n) is 3.53. The molecule has 3 rings (SSSR count). The van der Waals surface area contributed by atoms with Crippen LogP contribution in [-0.2, 0) is 16.9 Å². The summed E-state index contributed by atoms with van der Waals surface area (Å²) in [5.41, 5.74) is -0.348. The van der Waals surface area contributed by atoms with Crippen LogP contribution >= 0.6 is 0 Å². The van der Waals surface area contributed by atoms with E-state index in [-0.39, 0.29) is 5.60 Å². The zero-order chi connectivity index (χ0) is 11.7. The van der Waals surface area contributed by atoms with Crippen molar-refractivity contribution in [1.82, 2.24) is 15.5 Å². The van der Waals surface area contributed by atoms with Crippen LogP contribution in [0, 0.1) is 0 Å². The Hall–Kier alpha value is -0.940. The Kier molecular flexibility index (Phi) is 2.88. The Labute approximate surface area is 101 Å². The topological polar surface area (TPSA) is 60.2 Å². The molecule has 94 valence electrons.